The van der Waals surface area contributed by atoms with Gasteiger partial charge in [0.1, 0.15) is 0 Å². The molecule has 2 aromatic carbocycles. The number of hydrogen-bond acceptors (Lipinski definition) is 3. The smallest absolute Gasteiger partial charge is 0.239 e. The fourth-order valence-electron chi connectivity index (χ4n) is 1.88. The topological polar surface area (TPSA) is 67.6 Å². The average molecular weight is 236 g/mol. The molecule has 0 aliphatic rings. The predicted molar refractivity (Wildman–Crippen MR) is 71.7 cm³/mol. The molecular formula is C14H12N4. The Hall–Kier alpha value is -2.62. The van der Waals surface area contributed by atoms with E-state index in [0.717, 1.165) is 11.1 Å². The Balaban J connectivity index is 2.05. The number of nitrogens with one attached hydrogen (secondary N) is 1. The molecule has 4 nitrogen and oxygen atoms in total. The molecule has 0 fully saturated rings. The minimum atomic E-state index is 0.259. The van der Waals surface area contributed by atoms with Crippen LogP contribution in [0, 0.1) is 0 Å². The minimum absolute atomic E-state index is 0.259. The van der Waals surface area contributed by atoms with Gasteiger partial charge in [0.05, 0.1) is 0 Å². The third kappa shape index (κ3) is 1.96. The quantitative estimate of drug-likeness (QED) is 0.718. The molecule has 0 saturated heterocycles. The van der Waals surface area contributed by atoms with Gasteiger partial charge in [-0.3, -0.25) is 5.10 Å². The van der Waals surface area contributed by atoms with Crippen molar-refractivity contribution in [2.24, 2.45) is 0 Å². The van der Waals surface area contributed by atoms with Crippen LogP contribution in [0.4, 0.5) is 5.95 Å². The maximum Gasteiger partial charge on any atom is 0.239 e. The Morgan fingerprint density at radius 1 is 0.833 bits per heavy atom. The highest BCUT2D eigenvalue weighted by Crippen LogP contribution is 2.24. The number of nitrogen functional groups attached to an aromatic ring is 1. The van der Waals surface area contributed by atoms with Gasteiger partial charge >= 0.3 is 0 Å². The molecule has 0 bridgehead atoms. The zero-order valence-corrected chi connectivity index (χ0v) is 9.67. The number of nitrogens with two attached hydrogens (primary N) is 1. The molecule has 0 atom stereocenters. The summed E-state index contributed by atoms with van der Waals surface area (Å²) in [6, 6.07) is 18.3. The largest absolute Gasteiger partial charge is 0.366 e. The summed E-state index contributed by atoms with van der Waals surface area (Å²) in [7, 11) is 0. The van der Waals surface area contributed by atoms with Crippen LogP contribution in [0.5, 0.6) is 0 Å². The second kappa shape index (κ2) is 4.33. The number of anilines is 1. The van der Waals surface area contributed by atoms with Gasteiger partial charge in [-0.25, -0.2) is 0 Å². The van der Waals surface area contributed by atoms with E-state index in [9.17, 15) is 0 Å². The summed E-state index contributed by atoms with van der Waals surface area (Å²) in [5.74, 6) is 0.945. The maximum atomic E-state index is 5.51. The van der Waals surface area contributed by atoms with Gasteiger partial charge in [0, 0.05) is 5.56 Å². The molecule has 88 valence electrons. The van der Waals surface area contributed by atoms with Crippen LogP contribution in [0.1, 0.15) is 0 Å². The van der Waals surface area contributed by atoms with Crippen molar-refractivity contribution in [1.29, 1.82) is 0 Å². The van der Waals surface area contributed by atoms with Crippen molar-refractivity contribution in [2.75, 3.05) is 5.73 Å². The number of nitrogens with zero attached hydrogens (tertiary/aromatic N) is 2. The first-order valence-electron chi connectivity index (χ1n) is 5.67. The van der Waals surface area contributed by atoms with E-state index in [-0.39, 0.29) is 5.95 Å². The molecule has 3 aromatic rings. The van der Waals surface area contributed by atoms with Crippen LogP contribution >= 0.6 is 0 Å². The van der Waals surface area contributed by atoms with Crippen LogP contribution in [-0.4, -0.2) is 15.2 Å². The van der Waals surface area contributed by atoms with Crippen molar-refractivity contribution in [3.8, 4) is 22.5 Å². The highest BCUT2D eigenvalue weighted by atomic mass is 15.3. The van der Waals surface area contributed by atoms with Gasteiger partial charge in [-0.05, 0) is 17.2 Å². The SMILES string of the molecule is Nc1n[nH]c(-c2cccc(-c3ccccc3)c2)n1. The van der Waals surface area contributed by atoms with E-state index in [2.05, 4.69) is 39.4 Å². The molecular weight excluding hydrogens is 224 g/mol. The summed E-state index contributed by atoms with van der Waals surface area (Å²) in [6.45, 7) is 0. The predicted octanol–water partition coefficient (Wildman–Crippen LogP) is 2.72. The molecule has 0 amide bonds. The summed E-state index contributed by atoms with van der Waals surface area (Å²) >= 11 is 0. The summed E-state index contributed by atoms with van der Waals surface area (Å²) in [6.07, 6.45) is 0. The molecule has 0 radical (unpaired) electrons. The number of aromatic amines is 1. The van der Waals surface area contributed by atoms with Crippen molar-refractivity contribution in [1.82, 2.24) is 15.2 Å². The standard InChI is InChI=1S/C14H12N4/c15-14-16-13(17-18-14)12-8-4-7-11(9-12)10-5-2-1-3-6-10/h1-9H,(H3,15,16,17,18). The average Bonchev–Trinajstić information content (AvgIpc) is 2.87. The van der Waals surface area contributed by atoms with Gasteiger partial charge in [-0.1, -0.05) is 48.5 Å². The number of benzene rings is 2. The van der Waals surface area contributed by atoms with Gasteiger partial charge in [0.25, 0.3) is 0 Å². The van der Waals surface area contributed by atoms with Crippen LogP contribution < -0.4 is 5.73 Å². The Kier molecular flexibility index (Phi) is 2.53. The van der Waals surface area contributed by atoms with Gasteiger partial charge < -0.3 is 5.73 Å². The Morgan fingerprint density at radius 3 is 2.28 bits per heavy atom. The van der Waals surface area contributed by atoms with Crippen molar-refractivity contribution in [3.05, 3.63) is 54.6 Å². The van der Waals surface area contributed by atoms with Crippen LogP contribution in [0.15, 0.2) is 54.6 Å². The number of hydrogen-bond donors (Lipinski definition) is 2. The number of rotatable bonds is 2. The molecule has 0 saturated carbocycles. The van der Waals surface area contributed by atoms with E-state index in [0.29, 0.717) is 5.82 Å². The molecule has 18 heavy (non-hydrogen) atoms. The fourth-order valence-corrected chi connectivity index (χ4v) is 1.88. The fraction of sp³-hybridized carbons (Fsp3) is 0. The van der Waals surface area contributed by atoms with Gasteiger partial charge in [-0.2, -0.15) is 4.98 Å². The third-order valence-electron chi connectivity index (χ3n) is 2.75. The van der Waals surface area contributed by atoms with Crippen LogP contribution in [0.2, 0.25) is 0 Å². The van der Waals surface area contributed by atoms with Crippen molar-refractivity contribution < 1.29 is 0 Å². The molecule has 1 heterocycles. The van der Waals surface area contributed by atoms with Crippen LogP contribution in [0.3, 0.4) is 0 Å². The molecule has 4 heteroatoms. The molecule has 1 aromatic heterocycles. The maximum absolute atomic E-state index is 5.51. The lowest BCUT2D eigenvalue weighted by atomic mass is 10.0. The number of aromatic nitrogens is 3. The first-order chi connectivity index (χ1) is 8.83. The van der Waals surface area contributed by atoms with E-state index in [1.54, 1.807) is 0 Å². The first-order valence-corrected chi connectivity index (χ1v) is 5.67. The molecule has 0 aliphatic heterocycles. The Morgan fingerprint density at radius 2 is 1.56 bits per heavy atom. The lowest BCUT2D eigenvalue weighted by Gasteiger charge is -2.03. The van der Waals surface area contributed by atoms with Gasteiger partial charge in [0.2, 0.25) is 5.95 Å². The second-order valence-corrected chi connectivity index (χ2v) is 3.99. The van der Waals surface area contributed by atoms with E-state index in [1.165, 1.54) is 5.56 Å². The summed E-state index contributed by atoms with van der Waals surface area (Å²) in [4.78, 5) is 4.13. The van der Waals surface area contributed by atoms with E-state index in [4.69, 9.17) is 5.73 Å². The van der Waals surface area contributed by atoms with Crippen molar-refractivity contribution >= 4 is 5.95 Å². The molecule has 0 spiro atoms. The third-order valence-corrected chi connectivity index (χ3v) is 2.75. The summed E-state index contributed by atoms with van der Waals surface area (Å²) in [5, 5.41) is 6.65. The van der Waals surface area contributed by atoms with Gasteiger partial charge in [-0.15, -0.1) is 5.10 Å². The lowest BCUT2D eigenvalue weighted by Crippen LogP contribution is -1.86. The van der Waals surface area contributed by atoms with Crippen molar-refractivity contribution in [3.63, 3.8) is 0 Å². The highest BCUT2D eigenvalue weighted by molar-refractivity contribution is 5.70. The normalized spacial score (nSPS) is 10.4. The van der Waals surface area contributed by atoms with E-state index < -0.39 is 0 Å². The summed E-state index contributed by atoms with van der Waals surface area (Å²) < 4.78 is 0. The van der Waals surface area contributed by atoms with Gasteiger partial charge in [0.15, 0.2) is 5.82 Å². The zero-order chi connectivity index (χ0) is 12.4. The highest BCUT2D eigenvalue weighted by Gasteiger charge is 2.04. The lowest BCUT2D eigenvalue weighted by molar-refractivity contribution is 1.10. The van der Waals surface area contributed by atoms with Crippen LogP contribution in [-0.2, 0) is 0 Å². The number of H-pyrrole nitrogens is 1. The molecule has 3 N–H and O–H groups in total. The summed E-state index contributed by atoms with van der Waals surface area (Å²) in [5.41, 5.74) is 8.80. The minimum Gasteiger partial charge on any atom is -0.366 e. The Bertz CT molecular complexity index is 658. The zero-order valence-electron chi connectivity index (χ0n) is 9.67. The van der Waals surface area contributed by atoms with E-state index >= 15 is 0 Å². The molecule has 0 aliphatic carbocycles. The monoisotopic (exact) mass is 236 g/mol. The van der Waals surface area contributed by atoms with Crippen molar-refractivity contribution in [2.45, 2.75) is 0 Å². The molecule has 0 unspecified atom stereocenters. The Labute approximate surface area is 105 Å². The second-order valence-electron chi connectivity index (χ2n) is 3.99. The molecule has 3 rings (SSSR count). The first kappa shape index (κ1) is 10.5. The van der Waals surface area contributed by atoms with E-state index in [1.807, 2.05) is 30.3 Å². The van der Waals surface area contributed by atoms with Crippen LogP contribution in [0.25, 0.3) is 22.5 Å².